The van der Waals surface area contributed by atoms with Crippen molar-refractivity contribution >= 4 is 5.91 Å². The van der Waals surface area contributed by atoms with Crippen molar-refractivity contribution in [3.63, 3.8) is 0 Å². The third-order valence-electron chi connectivity index (χ3n) is 7.43. The van der Waals surface area contributed by atoms with Gasteiger partial charge in [-0.2, -0.15) is 0 Å². The van der Waals surface area contributed by atoms with E-state index in [1.165, 1.54) is 30.5 Å². The molecule has 0 aromatic heterocycles. The van der Waals surface area contributed by atoms with Crippen LogP contribution in [0.15, 0.2) is 54.6 Å². The summed E-state index contributed by atoms with van der Waals surface area (Å²) in [6.45, 7) is 3.27. The summed E-state index contributed by atoms with van der Waals surface area (Å²) in [4.78, 5) is 17.4. The highest BCUT2D eigenvalue weighted by Crippen LogP contribution is 2.40. The summed E-state index contributed by atoms with van der Waals surface area (Å²) in [7, 11) is 0. The Morgan fingerprint density at radius 1 is 1.00 bits per heavy atom. The van der Waals surface area contributed by atoms with Gasteiger partial charge in [0.05, 0.1) is 12.0 Å². The van der Waals surface area contributed by atoms with Crippen LogP contribution in [-0.2, 0) is 22.5 Å². The maximum atomic E-state index is 13.5. The minimum Gasteiger partial charge on any atom is -0.375 e. The standard InChI is InChI=1S/C27H33FN2O2/c28-23-8-4-7-22(17-23)18-26(31)29-14-12-27(13-15-29)19-25(11-16-32-27)30(24-9-10-24)20-21-5-2-1-3-6-21/h1-8,17,24-25H,9-16,18-20H2. The van der Waals surface area contributed by atoms with Gasteiger partial charge in [-0.1, -0.05) is 42.5 Å². The first-order valence-electron chi connectivity index (χ1n) is 12.1. The molecule has 5 rings (SSSR count). The first-order valence-corrected chi connectivity index (χ1v) is 12.1. The normalized spacial score (nSPS) is 22.9. The van der Waals surface area contributed by atoms with Crippen molar-refractivity contribution in [3.05, 3.63) is 71.5 Å². The summed E-state index contributed by atoms with van der Waals surface area (Å²) in [5, 5.41) is 0. The Hall–Kier alpha value is -2.24. The van der Waals surface area contributed by atoms with Crippen molar-refractivity contribution in [1.82, 2.24) is 9.80 Å². The first kappa shape index (κ1) is 21.6. The van der Waals surface area contributed by atoms with Crippen LogP contribution in [0.5, 0.6) is 0 Å². The van der Waals surface area contributed by atoms with E-state index in [0.29, 0.717) is 12.1 Å². The molecule has 2 saturated heterocycles. The second kappa shape index (κ2) is 9.32. The zero-order valence-electron chi connectivity index (χ0n) is 18.7. The van der Waals surface area contributed by atoms with E-state index in [-0.39, 0.29) is 23.7 Å². The Bertz CT molecular complexity index is 922. The fraction of sp³-hybridized carbons (Fsp3) is 0.519. The zero-order chi connectivity index (χ0) is 22.0. The summed E-state index contributed by atoms with van der Waals surface area (Å²) in [6, 6.07) is 18.4. The van der Waals surface area contributed by atoms with Crippen LogP contribution in [0.2, 0.25) is 0 Å². The van der Waals surface area contributed by atoms with E-state index in [1.54, 1.807) is 6.07 Å². The van der Waals surface area contributed by atoms with Gasteiger partial charge in [0.1, 0.15) is 5.82 Å². The van der Waals surface area contributed by atoms with Crippen LogP contribution in [0, 0.1) is 5.82 Å². The van der Waals surface area contributed by atoms with Crippen molar-refractivity contribution < 1.29 is 13.9 Å². The van der Waals surface area contributed by atoms with E-state index < -0.39 is 0 Å². The number of rotatable bonds is 6. The minimum absolute atomic E-state index is 0.0847. The fourth-order valence-corrected chi connectivity index (χ4v) is 5.49. The molecule has 0 radical (unpaired) electrons. The number of carbonyl (C=O) groups is 1. The van der Waals surface area contributed by atoms with Crippen LogP contribution in [0.1, 0.15) is 49.7 Å². The van der Waals surface area contributed by atoms with Gasteiger partial charge in [-0.3, -0.25) is 9.69 Å². The average Bonchev–Trinajstić information content (AvgIpc) is 3.64. The van der Waals surface area contributed by atoms with Crippen molar-refractivity contribution in [3.8, 4) is 0 Å². The minimum atomic E-state index is -0.287. The van der Waals surface area contributed by atoms with Crippen LogP contribution >= 0.6 is 0 Å². The molecule has 170 valence electrons. The lowest BCUT2D eigenvalue weighted by Gasteiger charge is -2.48. The molecule has 0 bridgehead atoms. The number of ether oxygens (including phenoxy) is 1. The molecule has 2 aromatic carbocycles. The van der Waals surface area contributed by atoms with Gasteiger partial charge in [-0.25, -0.2) is 4.39 Å². The quantitative estimate of drug-likeness (QED) is 0.665. The van der Waals surface area contributed by atoms with Crippen LogP contribution < -0.4 is 0 Å². The summed E-state index contributed by atoms with van der Waals surface area (Å²) >= 11 is 0. The molecule has 4 nitrogen and oxygen atoms in total. The van der Waals surface area contributed by atoms with Crippen LogP contribution in [0.25, 0.3) is 0 Å². The van der Waals surface area contributed by atoms with Gasteiger partial charge >= 0.3 is 0 Å². The van der Waals surface area contributed by atoms with Crippen LogP contribution in [-0.4, -0.2) is 53.1 Å². The molecule has 0 N–H and O–H groups in total. The maximum absolute atomic E-state index is 13.5. The summed E-state index contributed by atoms with van der Waals surface area (Å²) in [5.41, 5.74) is 2.02. The largest absolute Gasteiger partial charge is 0.375 e. The van der Waals surface area contributed by atoms with E-state index in [1.807, 2.05) is 11.0 Å². The number of likely N-dealkylation sites (tertiary alicyclic amines) is 1. The molecule has 1 aliphatic carbocycles. The SMILES string of the molecule is O=C(Cc1cccc(F)c1)N1CCC2(CC1)CC(N(Cc1ccccc1)C1CC1)CCO2. The van der Waals surface area contributed by atoms with Crippen LogP contribution in [0.4, 0.5) is 4.39 Å². The number of amides is 1. The van der Waals surface area contributed by atoms with Crippen molar-refractivity contribution in [2.24, 2.45) is 0 Å². The van der Waals surface area contributed by atoms with E-state index in [0.717, 1.165) is 57.5 Å². The number of hydrogen-bond acceptors (Lipinski definition) is 3. The Labute approximate surface area is 190 Å². The zero-order valence-corrected chi connectivity index (χ0v) is 18.7. The Morgan fingerprint density at radius 3 is 2.47 bits per heavy atom. The predicted molar refractivity (Wildman–Crippen MR) is 123 cm³/mol. The molecule has 1 spiro atoms. The number of piperidine rings is 1. The lowest BCUT2D eigenvalue weighted by Crippen LogP contribution is -2.54. The Morgan fingerprint density at radius 2 is 1.75 bits per heavy atom. The van der Waals surface area contributed by atoms with Crippen LogP contribution in [0.3, 0.4) is 0 Å². The van der Waals surface area contributed by atoms with Gasteiger partial charge < -0.3 is 9.64 Å². The lowest BCUT2D eigenvalue weighted by atomic mass is 9.81. The number of hydrogen-bond donors (Lipinski definition) is 0. The molecule has 3 fully saturated rings. The third-order valence-corrected chi connectivity index (χ3v) is 7.43. The molecule has 2 aliphatic heterocycles. The highest BCUT2D eigenvalue weighted by Gasteiger charge is 2.44. The number of benzene rings is 2. The molecule has 1 saturated carbocycles. The first-order chi connectivity index (χ1) is 15.6. The molecule has 3 aliphatic rings. The van der Waals surface area contributed by atoms with Gasteiger partial charge in [0.25, 0.3) is 0 Å². The van der Waals surface area contributed by atoms with E-state index in [4.69, 9.17) is 4.74 Å². The second-order valence-electron chi connectivity index (χ2n) is 9.75. The number of nitrogens with zero attached hydrogens (tertiary/aromatic N) is 2. The fourth-order valence-electron chi connectivity index (χ4n) is 5.49. The molecule has 5 heteroatoms. The highest BCUT2D eigenvalue weighted by molar-refractivity contribution is 5.78. The molecule has 1 unspecified atom stereocenters. The molecular weight excluding hydrogens is 403 g/mol. The molecule has 1 amide bonds. The maximum Gasteiger partial charge on any atom is 0.226 e. The number of carbonyl (C=O) groups excluding carboxylic acids is 1. The van der Waals surface area contributed by atoms with Gasteiger partial charge in [0, 0.05) is 38.3 Å². The monoisotopic (exact) mass is 436 g/mol. The molecule has 32 heavy (non-hydrogen) atoms. The second-order valence-corrected chi connectivity index (χ2v) is 9.75. The molecule has 2 heterocycles. The van der Waals surface area contributed by atoms with E-state index in [2.05, 4.69) is 35.2 Å². The van der Waals surface area contributed by atoms with E-state index in [9.17, 15) is 9.18 Å². The summed E-state index contributed by atoms with van der Waals surface area (Å²) in [5.74, 6) is -0.202. The Balaban J connectivity index is 1.19. The summed E-state index contributed by atoms with van der Waals surface area (Å²) < 4.78 is 19.8. The van der Waals surface area contributed by atoms with Gasteiger partial charge in [0.2, 0.25) is 5.91 Å². The van der Waals surface area contributed by atoms with E-state index >= 15 is 0 Å². The smallest absolute Gasteiger partial charge is 0.226 e. The molecule has 2 aromatic rings. The number of halogens is 1. The van der Waals surface area contributed by atoms with Crippen molar-refractivity contribution in [2.45, 2.75) is 69.2 Å². The molecule has 1 atom stereocenters. The van der Waals surface area contributed by atoms with Gasteiger partial charge in [-0.05, 0) is 61.8 Å². The van der Waals surface area contributed by atoms with Gasteiger partial charge in [-0.15, -0.1) is 0 Å². The summed E-state index contributed by atoms with van der Waals surface area (Å²) in [6.07, 6.45) is 6.81. The lowest BCUT2D eigenvalue weighted by molar-refractivity contribution is -0.149. The average molecular weight is 437 g/mol. The van der Waals surface area contributed by atoms with Crippen molar-refractivity contribution in [1.29, 1.82) is 0 Å². The Kier molecular flexibility index (Phi) is 6.29. The predicted octanol–water partition coefficient (Wildman–Crippen LogP) is 4.57. The van der Waals surface area contributed by atoms with Gasteiger partial charge in [0.15, 0.2) is 0 Å². The third kappa shape index (κ3) is 5.05. The molecular formula is C27H33FN2O2. The topological polar surface area (TPSA) is 32.8 Å². The van der Waals surface area contributed by atoms with Crippen molar-refractivity contribution in [2.75, 3.05) is 19.7 Å². The highest BCUT2D eigenvalue weighted by atomic mass is 19.1.